The van der Waals surface area contributed by atoms with Gasteiger partial charge in [-0.2, -0.15) is 0 Å². The Balaban J connectivity index is 1.74. The largest absolute Gasteiger partial charge is 0.367 e. The van der Waals surface area contributed by atoms with Crippen LogP contribution >= 0.6 is 27.7 Å². The third-order valence-electron chi connectivity index (χ3n) is 5.48. The van der Waals surface area contributed by atoms with E-state index in [1.165, 1.54) is 17.8 Å². The van der Waals surface area contributed by atoms with Gasteiger partial charge in [-0.25, -0.2) is 9.38 Å². The van der Waals surface area contributed by atoms with E-state index >= 15 is 0 Å². The minimum Gasteiger partial charge on any atom is -0.367 e. The summed E-state index contributed by atoms with van der Waals surface area (Å²) in [5.74, 6) is -0.567. The molecule has 156 valence electrons. The van der Waals surface area contributed by atoms with Crippen LogP contribution in [0.1, 0.15) is 29.3 Å². The summed E-state index contributed by atoms with van der Waals surface area (Å²) in [6, 6.07) is 13.5. The Hall–Kier alpha value is -2.03. The number of Topliss-reactive ketones (excluding diaryl/α,β-unsaturated/α-hetero) is 1. The molecule has 30 heavy (non-hydrogen) atoms. The Bertz CT molecular complexity index is 1020. The molecule has 0 radical (unpaired) electrons. The number of nitrogens with one attached hydrogen (secondary N) is 1. The number of carbonyl (C=O) groups excluding carboxylic acids is 2. The van der Waals surface area contributed by atoms with Crippen LogP contribution in [0.25, 0.3) is 0 Å². The van der Waals surface area contributed by atoms with Crippen LogP contribution in [-0.2, 0) is 15.1 Å². The van der Waals surface area contributed by atoms with E-state index in [1.54, 1.807) is 43.3 Å². The van der Waals surface area contributed by atoms with E-state index in [1.807, 2.05) is 6.07 Å². The molecule has 0 aliphatic carbocycles. The third kappa shape index (κ3) is 3.84. The quantitative estimate of drug-likeness (QED) is 0.693. The third-order valence-corrected chi connectivity index (χ3v) is 6.97. The van der Waals surface area contributed by atoms with E-state index in [0.29, 0.717) is 32.9 Å². The van der Waals surface area contributed by atoms with Gasteiger partial charge in [0.15, 0.2) is 11.0 Å². The topological polar surface area (TPSA) is 67.8 Å². The summed E-state index contributed by atoms with van der Waals surface area (Å²) < 4.78 is 21.5. The van der Waals surface area contributed by atoms with Crippen molar-refractivity contribution in [3.63, 3.8) is 0 Å². The summed E-state index contributed by atoms with van der Waals surface area (Å²) in [6.45, 7) is 1.86. The number of ether oxygens (including phenoxy) is 1. The standard InChI is InChI=1S/C22H20BrFN2O3S/c1-2-18(27)19-16-11-30-21(25-20(28)13-6-4-3-5-7-13)26-22(16,12-29-19)15-10-14(23)8-9-17(15)24/h3-10,16,19H,2,11-12H2,1H3,(H,25,26,28)/t16-,19+,22-/m1/s1. The van der Waals surface area contributed by atoms with E-state index in [9.17, 15) is 14.0 Å². The van der Waals surface area contributed by atoms with Crippen molar-refractivity contribution < 1.29 is 18.7 Å². The van der Waals surface area contributed by atoms with Crippen molar-refractivity contribution in [3.8, 4) is 0 Å². The highest BCUT2D eigenvalue weighted by Gasteiger charge is 2.56. The Morgan fingerprint density at radius 1 is 1.30 bits per heavy atom. The van der Waals surface area contributed by atoms with Gasteiger partial charge in [-0.05, 0) is 30.3 Å². The molecule has 0 unspecified atom stereocenters. The summed E-state index contributed by atoms with van der Waals surface area (Å²) in [7, 11) is 0. The lowest BCUT2D eigenvalue weighted by atomic mass is 9.77. The number of ketones is 1. The Kier molecular flexibility index (Phi) is 6.09. The number of thioether (sulfide) groups is 1. The van der Waals surface area contributed by atoms with Crippen molar-refractivity contribution in [2.45, 2.75) is 25.0 Å². The van der Waals surface area contributed by atoms with E-state index in [2.05, 4.69) is 21.2 Å². The maximum atomic E-state index is 14.9. The minimum atomic E-state index is -1.08. The van der Waals surface area contributed by atoms with Crippen molar-refractivity contribution >= 4 is 44.5 Å². The lowest BCUT2D eigenvalue weighted by Crippen LogP contribution is -2.45. The first-order valence-corrected chi connectivity index (χ1v) is 11.4. The van der Waals surface area contributed by atoms with Crippen molar-refractivity contribution in [2.75, 3.05) is 12.4 Å². The highest BCUT2D eigenvalue weighted by atomic mass is 79.9. The number of benzene rings is 2. The summed E-state index contributed by atoms with van der Waals surface area (Å²) in [4.78, 5) is 29.9. The minimum absolute atomic E-state index is 0.0233. The zero-order valence-electron chi connectivity index (χ0n) is 16.2. The molecule has 3 atom stereocenters. The number of amidine groups is 1. The van der Waals surface area contributed by atoms with Crippen LogP contribution in [0.5, 0.6) is 0 Å². The van der Waals surface area contributed by atoms with Gasteiger partial charge >= 0.3 is 0 Å². The molecule has 1 amide bonds. The van der Waals surface area contributed by atoms with Crippen LogP contribution in [0, 0.1) is 11.7 Å². The molecule has 0 saturated carbocycles. The molecule has 2 heterocycles. The molecular formula is C22H20BrFN2O3S. The molecule has 1 N–H and O–H groups in total. The number of aliphatic imine (C=N–C) groups is 1. The number of carbonyl (C=O) groups is 2. The van der Waals surface area contributed by atoms with Gasteiger partial charge in [-0.15, -0.1) is 0 Å². The van der Waals surface area contributed by atoms with Gasteiger partial charge in [0.2, 0.25) is 0 Å². The van der Waals surface area contributed by atoms with Crippen LogP contribution in [-0.4, -0.2) is 35.3 Å². The monoisotopic (exact) mass is 490 g/mol. The first kappa shape index (κ1) is 21.2. The summed E-state index contributed by atoms with van der Waals surface area (Å²) in [5, 5.41) is 3.23. The van der Waals surface area contributed by atoms with Gasteiger partial charge in [0, 0.05) is 33.7 Å². The van der Waals surface area contributed by atoms with E-state index < -0.39 is 17.5 Å². The smallest absolute Gasteiger partial charge is 0.257 e. The van der Waals surface area contributed by atoms with Crippen LogP contribution in [0.2, 0.25) is 0 Å². The molecule has 2 aromatic carbocycles. The van der Waals surface area contributed by atoms with E-state index in [0.717, 1.165) is 0 Å². The second-order valence-corrected chi connectivity index (χ2v) is 9.18. The molecule has 2 aliphatic heterocycles. The van der Waals surface area contributed by atoms with Gasteiger partial charge in [-0.1, -0.05) is 52.8 Å². The summed E-state index contributed by atoms with van der Waals surface area (Å²) >= 11 is 4.75. The number of hydrogen-bond acceptors (Lipinski definition) is 5. The number of fused-ring (bicyclic) bond motifs is 1. The predicted octanol–water partition coefficient (Wildman–Crippen LogP) is 4.31. The fraction of sp³-hybridized carbons (Fsp3) is 0.318. The van der Waals surface area contributed by atoms with Crippen LogP contribution < -0.4 is 5.32 Å². The van der Waals surface area contributed by atoms with Gasteiger partial charge in [0.25, 0.3) is 5.91 Å². The van der Waals surface area contributed by atoms with Gasteiger partial charge in [-0.3, -0.25) is 9.59 Å². The van der Waals surface area contributed by atoms with Crippen LogP contribution in [0.15, 0.2) is 58.0 Å². The van der Waals surface area contributed by atoms with Crippen molar-refractivity contribution in [1.29, 1.82) is 0 Å². The van der Waals surface area contributed by atoms with Gasteiger partial charge in [0.05, 0.1) is 6.61 Å². The number of rotatable bonds is 4. The molecule has 8 heteroatoms. The molecule has 2 aromatic rings. The average molecular weight is 491 g/mol. The zero-order chi connectivity index (χ0) is 21.3. The molecule has 0 bridgehead atoms. The van der Waals surface area contributed by atoms with Crippen molar-refractivity contribution in [1.82, 2.24) is 5.32 Å². The molecular weight excluding hydrogens is 471 g/mol. The molecule has 2 aliphatic rings. The highest BCUT2D eigenvalue weighted by Crippen LogP contribution is 2.49. The molecule has 0 spiro atoms. The lowest BCUT2D eigenvalue weighted by Gasteiger charge is -2.36. The van der Waals surface area contributed by atoms with Gasteiger partial charge < -0.3 is 10.1 Å². The fourth-order valence-electron chi connectivity index (χ4n) is 3.92. The number of hydrogen-bond donors (Lipinski definition) is 1. The first-order valence-electron chi connectivity index (χ1n) is 9.63. The van der Waals surface area contributed by atoms with E-state index in [-0.39, 0.29) is 24.2 Å². The fourth-order valence-corrected chi connectivity index (χ4v) is 5.46. The summed E-state index contributed by atoms with van der Waals surface area (Å²) in [6.07, 6.45) is -0.305. The second-order valence-electron chi connectivity index (χ2n) is 7.25. The molecule has 0 aromatic heterocycles. The van der Waals surface area contributed by atoms with Crippen LogP contribution in [0.4, 0.5) is 4.39 Å². The van der Waals surface area contributed by atoms with E-state index in [4.69, 9.17) is 9.73 Å². The molecule has 1 fully saturated rings. The highest BCUT2D eigenvalue weighted by molar-refractivity contribution is 9.10. The number of nitrogens with zero attached hydrogens (tertiary/aromatic N) is 1. The maximum Gasteiger partial charge on any atom is 0.257 e. The predicted molar refractivity (Wildman–Crippen MR) is 118 cm³/mol. The molecule has 1 saturated heterocycles. The lowest BCUT2D eigenvalue weighted by molar-refractivity contribution is -0.128. The Morgan fingerprint density at radius 3 is 2.80 bits per heavy atom. The first-order chi connectivity index (χ1) is 14.4. The Morgan fingerprint density at radius 2 is 2.07 bits per heavy atom. The SMILES string of the molecule is CCC(=O)[C@H]1OC[C@]2(c3cc(Br)ccc3F)N=C(NC(=O)c3ccccc3)SC[C@H]12. The Labute approximate surface area is 186 Å². The second kappa shape index (κ2) is 8.61. The van der Waals surface area contributed by atoms with Crippen molar-refractivity contribution in [3.05, 3.63) is 69.9 Å². The zero-order valence-corrected chi connectivity index (χ0v) is 18.6. The maximum absolute atomic E-state index is 14.9. The molecule has 4 rings (SSSR count). The summed E-state index contributed by atoms with van der Waals surface area (Å²) in [5.41, 5.74) is -0.208. The van der Waals surface area contributed by atoms with Crippen molar-refractivity contribution in [2.24, 2.45) is 10.9 Å². The average Bonchev–Trinajstić information content (AvgIpc) is 3.15. The number of amides is 1. The number of halogens is 2. The normalized spacial score (nSPS) is 25.4. The van der Waals surface area contributed by atoms with Crippen LogP contribution in [0.3, 0.4) is 0 Å². The van der Waals surface area contributed by atoms with Gasteiger partial charge in [0.1, 0.15) is 17.5 Å². The molecule has 5 nitrogen and oxygen atoms in total.